The molecular formula is C61H37NS. The lowest BCUT2D eigenvalue weighted by atomic mass is 9.55. The normalized spacial score (nSPS) is 14.7. The molecule has 0 amide bonds. The van der Waals surface area contributed by atoms with Crippen LogP contribution in [0.25, 0.3) is 85.9 Å². The molecule has 0 radical (unpaired) electrons. The summed E-state index contributed by atoms with van der Waals surface area (Å²) in [6.07, 6.45) is 0. The Kier molecular flexibility index (Phi) is 7.26. The molecule has 1 heterocycles. The first kappa shape index (κ1) is 34.9. The van der Waals surface area contributed by atoms with Gasteiger partial charge < -0.3 is 4.90 Å². The molecule has 0 saturated carbocycles. The fraction of sp³-hybridized carbons (Fsp3) is 0.0164. The SMILES string of the molecule is c1ccc(-c2ccc3c(c2)C2(c4ccccc4-c4ccc(N(c5ccc6ccccc6c5)c5ccc6c(c5)sc5ccccc56)c5cccc2c45)c2cccc4cccc-3c24)cc1. The average molecular weight is 816 g/mol. The van der Waals surface area contributed by atoms with Gasteiger partial charge in [0.05, 0.1) is 11.1 Å². The summed E-state index contributed by atoms with van der Waals surface area (Å²) < 4.78 is 2.60. The largest absolute Gasteiger partial charge is 0.310 e. The molecule has 292 valence electrons. The van der Waals surface area contributed by atoms with Crippen LogP contribution in [0.5, 0.6) is 0 Å². The van der Waals surface area contributed by atoms with Gasteiger partial charge in [0.25, 0.3) is 0 Å². The predicted octanol–water partition coefficient (Wildman–Crippen LogP) is 17.0. The monoisotopic (exact) mass is 815 g/mol. The molecule has 1 aromatic heterocycles. The molecule has 14 rings (SSSR count). The van der Waals surface area contributed by atoms with Crippen LogP contribution in [0.3, 0.4) is 0 Å². The highest BCUT2D eigenvalue weighted by atomic mass is 32.1. The molecule has 1 nitrogen and oxygen atoms in total. The van der Waals surface area contributed by atoms with Gasteiger partial charge in [-0.1, -0.05) is 182 Å². The second-order valence-corrected chi connectivity index (χ2v) is 18.2. The van der Waals surface area contributed by atoms with Crippen LogP contribution >= 0.6 is 11.3 Å². The first-order valence-electron chi connectivity index (χ1n) is 21.8. The standard InChI is InChI=1S/C61H37NS/c1-2-13-38(14-3-1)42-28-31-46-49-21-10-17-40-18-11-24-53(59(40)49)61(55(46)36-42)52-23-8-6-19-45(52)50-33-34-56(51-22-12-25-54(61)60(50)51)62(43-29-27-39-15-4-5-16-41(39)35-43)44-30-32-48-47-20-7-9-26-57(47)63-58(48)37-44/h1-37H. The summed E-state index contributed by atoms with van der Waals surface area (Å²) in [6.45, 7) is 0. The Bertz CT molecular complexity index is 3870. The molecule has 0 fully saturated rings. The number of hydrogen-bond donors (Lipinski definition) is 0. The second-order valence-electron chi connectivity index (χ2n) is 17.1. The molecule has 0 aliphatic heterocycles. The van der Waals surface area contributed by atoms with E-state index in [1.54, 1.807) is 0 Å². The number of fused-ring (bicyclic) bond motifs is 12. The average Bonchev–Trinajstić information content (AvgIpc) is 3.72. The van der Waals surface area contributed by atoms with Crippen LogP contribution in [0.1, 0.15) is 22.3 Å². The van der Waals surface area contributed by atoms with Crippen LogP contribution < -0.4 is 4.90 Å². The van der Waals surface area contributed by atoms with Crippen LogP contribution in [0, 0.1) is 0 Å². The summed E-state index contributed by atoms with van der Waals surface area (Å²) in [7, 11) is 0. The molecule has 2 aliphatic carbocycles. The highest BCUT2D eigenvalue weighted by Crippen LogP contribution is 2.62. The van der Waals surface area contributed by atoms with E-state index in [9.17, 15) is 0 Å². The fourth-order valence-corrected chi connectivity index (χ4v) is 12.6. The number of rotatable bonds is 4. The van der Waals surface area contributed by atoms with Crippen molar-refractivity contribution < 1.29 is 0 Å². The maximum atomic E-state index is 2.51. The first-order valence-corrected chi connectivity index (χ1v) is 22.6. The summed E-state index contributed by atoms with van der Waals surface area (Å²) in [5, 5.41) is 10.2. The van der Waals surface area contributed by atoms with E-state index in [1.807, 2.05) is 11.3 Å². The van der Waals surface area contributed by atoms with Crippen molar-refractivity contribution >= 4 is 80.9 Å². The summed E-state index contributed by atoms with van der Waals surface area (Å²) in [5.74, 6) is 0. The lowest BCUT2D eigenvalue weighted by Crippen LogP contribution is -2.36. The molecule has 0 N–H and O–H groups in total. The van der Waals surface area contributed by atoms with Crippen LogP contribution in [-0.4, -0.2) is 0 Å². The maximum absolute atomic E-state index is 2.51. The van der Waals surface area contributed by atoms with Gasteiger partial charge in [-0.2, -0.15) is 0 Å². The van der Waals surface area contributed by atoms with Gasteiger partial charge in [0.1, 0.15) is 0 Å². The van der Waals surface area contributed by atoms with Gasteiger partial charge in [-0.15, -0.1) is 11.3 Å². The Hall–Kier alpha value is -7.78. The Morgan fingerprint density at radius 1 is 0.317 bits per heavy atom. The van der Waals surface area contributed by atoms with E-state index in [0.717, 1.165) is 17.1 Å². The van der Waals surface area contributed by atoms with Crippen molar-refractivity contribution in [2.75, 3.05) is 4.90 Å². The van der Waals surface area contributed by atoms with Gasteiger partial charge in [-0.3, -0.25) is 0 Å². The number of nitrogens with zero attached hydrogens (tertiary/aromatic N) is 1. The minimum absolute atomic E-state index is 0.598. The first-order chi connectivity index (χ1) is 31.2. The molecule has 1 atom stereocenters. The van der Waals surface area contributed by atoms with E-state index < -0.39 is 5.41 Å². The molecule has 2 aliphatic rings. The molecule has 0 bridgehead atoms. The van der Waals surface area contributed by atoms with Gasteiger partial charge >= 0.3 is 0 Å². The smallest absolute Gasteiger partial charge is 0.0726 e. The van der Waals surface area contributed by atoms with Crippen LogP contribution in [0.2, 0.25) is 0 Å². The molecule has 1 unspecified atom stereocenters. The third-order valence-electron chi connectivity index (χ3n) is 14.0. The van der Waals surface area contributed by atoms with Crippen molar-refractivity contribution in [2.45, 2.75) is 5.41 Å². The molecule has 2 heteroatoms. The van der Waals surface area contributed by atoms with Gasteiger partial charge in [0.2, 0.25) is 0 Å². The zero-order valence-corrected chi connectivity index (χ0v) is 35.0. The number of hydrogen-bond acceptors (Lipinski definition) is 2. The minimum atomic E-state index is -0.598. The van der Waals surface area contributed by atoms with Crippen LogP contribution in [0.4, 0.5) is 17.1 Å². The molecule has 0 saturated heterocycles. The Balaban J connectivity index is 1.11. The Morgan fingerprint density at radius 2 is 0.937 bits per heavy atom. The Morgan fingerprint density at radius 3 is 1.86 bits per heavy atom. The zero-order chi connectivity index (χ0) is 41.2. The summed E-state index contributed by atoms with van der Waals surface area (Å²) >= 11 is 1.87. The van der Waals surface area contributed by atoms with E-state index in [-0.39, 0.29) is 0 Å². The predicted molar refractivity (Wildman–Crippen MR) is 268 cm³/mol. The summed E-state index contributed by atoms with van der Waals surface area (Å²) in [4.78, 5) is 2.50. The van der Waals surface area contributed by atoms with Crippen molar-refractivity contribution in [1.29, 1.82) is 0 Å². The fourth-order valence-electron chi connectivity index (χ4n) is 11.4. The third kappa shape index (κ3) is 4.82. The molecule has 1 spiro atoms. The summed E-state index contributed by atoms with van der Waals surface area (Å²) in [6, 6.07) is 84.5. The van der Waals surface area contributed by atoms with Crippen molar-refractivity contribution in [3.8, 4) is 33.4 Å². The molecule has 11 aromatic carbocycles. The molecule has 12 aromatic rings. The van der Waals surface area contributed by atoms with Crippen molar-refractivity contribution in [3.63, 3.8) is 0 Å². The Labute approximate surface area is 369 Å². The van der Waals surface area contributed by atoms with Gasteiger partial charge in [0.15, 0.2) is 0 Å². The highest BCUT2D eigenvalue weighted by Gasteiger charge is 2.49. The lowest BCUT2D eigenvalue weighted by Gasteiger charge is -2.46. The van der Waals surface area contributed by atoms with E-state index in [0.29, 0.717) is 0 Å². The summed E-state index contributed by atoms with van der Waals surface area (Å²) in [5.41, 5.74) is 15.7. The van der Waals surface area contributed by atoms with Crippen molar-refractivity contribution in [1.82, 2.24) is 0 Å². The number of thiophene rings is 1. The number of anilines is 3. The van der Waals surface area contributed by atoms with E-state index in [1.165, 1.54) is 108 Å². The van der Waals surface area contributed by atoms with Crippen molar-refractivity contribution in [3.05, 3.63) is 247 Å². The van der Waals surface area contributed by atoms with Crippen LogP contribution in [-0.2, 0) is 5.41 Å². The second kappa shape index (κ2) is 13.1. The van der Waals surface area contributed by atoms with Crippen molar-refractivity contribution in [2.24, 2.45) is 0 Å². The molecular weight excluding hydrogens is 779 g/mol. The lowest BCUT2D eigenvalue weighted by molar-refractivity contribution is 0.755. The topological polar surface area (TPSA) is 3.24 Å². The maximum Gasteiger partial charge on any atom is 0.0726 e. The zero-order valence-electron chi connectivity index (χ0n) is 34.2. The van der Waals surface area contributed by atoms with E-state index in [4.69, 9.17) is 0 Å². The van der Waals surface area contributed by atoms with Gasteiger partial charge in [-0.25, -0.2) is 0 Å². The minimum Gasteiger partial charge on any atom is -0.310 e. The van der Waals surface area contributed by atoms with E-state index >= 15 is 0 Å². The van der Waals surface area contributed by atoms with Gasteiger partial charge in [0, 0.05) is 36.9 Å². The van der Waals surface area contributed by atoms with Gasteiger partial charge in [-0.05, 0) is 125 Å². The number of benzene rings is 11. The quantitative estimate of drug-likeness (QED) is 0.171. The third-order valence-corrected chi connectivity index (χ3v) is 15.2. The van der Waals surface area contributed by atoms with E-state index in [2.05, 4.69) is 229 Å². The molecule has 63 heavy (non-hydrogen) atoms. The highest BCUT2D eigenvalue weighted by molar-refractivity contribution is 7.25. The van der Waals surface area contributed by atoms with Crippen LogP contribution in [0.15, 0.2) is 224 Å².